The zero-order valence-corrected chi connectivity index (χ0v) is 14.3. The number of carbonyl (C=O) groups excluding carboxylic acids is 1. The predicted molar refractivity (Wildman–Crippen MR) is 87.3 cm³/mol. The summed E-state index contributed by atoms with van der Waals surface area (Å²) >= 11 is 0. The summed E-state index contributed by atoms with van der Waals surface area (Å²) in [6.07, 6.45) is 4.76. The predicted octanol–water partition coefficient (Wildman–Crippen LogP) is 2.10. The number of nitrogens with zero attached hydrogens (tertiary/aromatic N) is 2. The van der Waals surface area contributed by atoms with Crippen LogP contribution in [0.15, 0.2) is 0 Å². The van der Waals surface area contributed by atoms with E-state index in [0.717, 1.165) is 25.9 Å². The molecular formula is C17H33N3O. The lowest BCUT2D eigenvalue weighted by molar-refractivity contribution is -0.135. The minimum atomic E-state index is 0.134. The summed E-state index contributed by atoms with van der Waals surface area (Å²) < 4.78 is 0. The number of carbonyl (C=O) groups is 1. The summed E-state index contributed by atoms with van der Waals surface area (Å²) in [5.74, 6) is 0.452. The summed E-state index contributed by atoms with van der Waals surface area (Å²) in [6, 6.07) is 1.96. The highest BCUT2D eigenvalue weighted by atomic mass is 16.2. The van der Waals surface area contributed by atoms with Crippen LogP contribution < -0.4 is 5.32 Å². The standard InChI is InChI=1S/C17H33N3O/c1-13(2)17(21)20-11-7-16(8-12-20)18-15-5-9-19(10-6-15)14(3)4/h13-16,18H,5-12H2,1-4H3. The van der Waals surface area contributed by atoms with Crippen LogP contribution >= 0.6 is 0 Å². The second-order valence-electron chi connectivity index (χ2n) is 7.32. The molecule has 0 radical (unpaired) electrons. The fourth-order valence-corrected chi connectivity index (χ4v) is 3.55. The summed E-state index contributed by atoms with van der Waals surface area (Å²) in [7, 11) is 0. The Balaban J connectivity index is 1.69. The average Bonchev–Trinajstić information content (AvgIpc) is 2.47. The van der Waals surface area contributed by atoms with Gasteiger partial charge < -0.3 is 15.1 Å². The van der Waals surface area contributed by atoms with Gasteiger partial charge in [0.25, 0.3) is 0 Å². The van der Waals surface area contributed by atoms with E-state index in [0.29, 0.717) is 24.0 Å². The average molecular weight is 295 g/mol. The number of hydrogen-bond acceptors (Lipinski definition) is 3. The largest absolute Gasteiger partial charge is 0.342 e. The van der Waals surface area contributed by atoms with Crippen molar-refractivity contribution in [1.29, 1.82) is 0 Å². The van der Waals surface area contributed by atoms with Crippen molar-refractivity contribution in [3.63, 3.8) is 0 Å². The number of rotatable bonds is 4. The van der Waals surface area contributed by atoms with Gasteiger partial charge in [0.15, 0.2) is 0 Å². The first-order valence-electron chi connectivity index (χ1n) is 8.76. The minimum absolute atomic E-state index is 0.134. The second-order valence-corrected chi connectivity index (χ2v) is 7.32. The lowest BCUT2D eigenvalue weighted by Crippen LogP contribution is -2.51. The van der Waals surface area contributed by atoms with E-state index in [1.54, 1.807) is 0 Å². The van der Waals surface area contributed by atoms with Crippen LogP contribution in [0.5, 0.6) is 0 Å². The van der Waals surface area contributed by atoms with E-state index in [1.807, 2.05) is 18.7 Å². The summed E-state index contributed by atoms with van der Waals surface area (Å²) in [5, 5.41) is 3.84. The Labute approximate surface area is 130 Å². The molecular weight excluding hydrogens is 262 g/mol. The molecule has 0 aromatic heterocycles. The summed E-state index contributed by atoms with van der Waals surface area (Å²) in [6.45, 7) is 12.9. The van der Waals surface area contributed by atoms with E-state index >= 15 is 0 Å². The molecule has 2 rings (SSSR count). The Bertz CT molecular complexity index is 327. The third-order valence-corrected chi connectivity index (χ3v) is 5.03. The Morgan fingerprint density at radius 3 is 1.81 bits per heavy atom. The van der Waals surface area contributed by atoms with Crippen LogP contribution in [-0.2, 0) is 4.79 Å². The molecule has 4 heteroatoms. The van der Waals surface area contributed by atoms with Gasteiger partial charge in [0, 0.05) is 37.1 Å². The van der Waals surface area contributed by atoms with Crippen molar-refractivity contribution in [3.05, 3.63) is 0 Å². The highest BCUT2D eigenvalue weighted by molar-refractivity contribution is 5.78. The molecule has 0 unspecified atom stereocenters. The van der Waals surface area contributed by atoms with Crippen molar-refractivity contribution in [2.45, 2.75) is 71.5 Å². The van der Waals surface area contributed by atoms with Gasteiger partial charge in [-0.15, -0.1) is 0 Å². The fourth-order valence-electron chi connectivity index (χ4n) is 3.55. The molecule has 2 fully saturated rings. The van der Waals surface area contributed by atoms with E-state index in [9.17, 15) is 4.79 Å². The number of amides is 1. The first-order valence-corrected chi connectivity index (χ1v) is 8.76. The van der Waals surface area contributed by atoms with E-state index < -0.39 is 0 Å². The second kappa shape index (κ2) is 7.59. The molecule has 122 valence electrons. The highest BCUT2D eigenvalue weighted by Crippen LogP contribution is 2.18. The molecule has 0 spiro atoms. The Morgan fingerprint density at radius 1 is 0.905 bits per heavy atom. The van der Waals surface area contributed by atoms with Gasteiger partial charge in [0.05, 0.1) is 0 Å². The van der Waals surface area contributed by atoms with Crippen LogP contribution in [0.3, 0.4) is 0 Å². The van der Waals surface area contributed by atoms with Crippen LogP contribution in [0.2, 0.25) is 0 Å². The molecule has 2 saturated heterocycles. The first kappa shape index (κ1) is 16.8. The lowest BCUT2D eigenvalue weighted by atomic mass is 9.98. The summed E-state index contributed by atoms with van der Waals surface area (Å²) in [5.41, 5.74) is 0. The maximum absolute atomic E-state index is 12.0. The maximum Gasteiger partial charge on any atom is 0.225 e. The van der Waals surface area contributed by atoms with Gasteiger partial charge in [-0.25, -0.2) is 0 Å². The van der Waals surface area contributed by atoms with Gasteiger partial charge in [-0.2, -0.15) is 0 Å². The van der Waals surface area contributed by atoms with Gasteiger partial charge in [0.1, 0.15) is 0 Å². The third kappa shape index (κ3) is 4.68. The van der Waals surface area contributed by atoms with Gasteiger partial charge in [0.2, 0.25) is 5.91 Å². The van der Waals surface area contributed by atoms with E-state index in [2.05, 4.69) is 24.1 Å². The van der Waals surface area contributed by atoms with E-state index in [4.69, 9.17) is 0 Å². The van der Waals surface area contributed by atoms with Gasteiger partial charge in [-0.3, -0.25) is 4.79 Å². The molecule has 1 amide bonds. The van der Waals surface area contributed by atoms with Crippen LogP contribution in [-0.4, -0.2) is 60.0 Å². The fraction of sp³-hybridized carbons (Fsp3) is 0.941. The quantitative estimate of drug-likeness (QED) is 0.863. The molecule has 21 heavy (non-hydrogen) atoms. The monoisotopic (exact) mass is 295 g/mol. The Morgan fingerprint density at radius 2 is 1.38 bits per heavy atom. The zero-order chi connectivity index (χ0) is 15.4. The number of piperidine rings is 2. The smallest absolute Gasteiger partial charge is 0.225 e. The topological polar surface area (TPSA) is 35.6 Å². The third-order valence-electron chi connectivity index (χ3n) is 5.03. The summed E-state index contributed by atoms with van der Waals surface area (Å²) in [4.78, 5) is 16.6. The Kier molecular flexibility index (Phi) is 6.06. The highest BCUT2D eigenvalue weighted by Gasteiger charge is 2.27. The molecule has 0 bridgehead atoms. The molecule has 0 aromatic rings. The number of nitrogens with one attached hydrogen (secondary N) is 1. The van der Waals surface area contributed by atoms with Crippen molar-refractivity contribution in [1.82, 2.24) is 15.1 Å². The number of likely N-dealkylation sites (tertiary alicyclic amines) is 2. The molecule has 2 aliphatic heterocycles. The number of hydrogen-bond donors (Lipinski definition) is 1. The molecule has 2 heterocycles. The van der Waals surface area contributed by atoms with Crippen LogP contribution in [0, 0.1) is 5.92 Å². The molecule has 0 atom stereocenters. The molecule has 2 aliphatic rings. The minimum Gasteiger partial charge on any atom is -0.342 e. The molecule has 1 N–H and O–H groups in total. The van der Waals surface area contributed by atoms with Gasteiger partial charge in [-0.1, -0.05) is 13.8 Å². The molecule has 0 aromatic carbocycles. The Hall–Kier alpha value is -0.610. The molecule has 0 aliphatic carbocycles. The molecule has 4 nitrogen and oxygen atoms in total. The maximum atomic E-state index is 12.0. The van der Waals surface area contributed by atoms with Crippen LogP contribution in [0.4, 0.5) is 0 Å². The lowest BCUT2D eigenvalue weighted by Gasteiger charge is -2.39. The van der Waals surface area contributed by atoms with E-state index in [-0.39, 0.29) is 5.92 Å². The zero-order valence-electron chi connectivity index (χ0n) is 14.3. The van der Waals surface area contributed by atoms with Crippen molar-refractivity contribution in [2.75, 3.05) is 26.2 Å². The normalized spacial score (nSPS) is 23.2. The van der Waals surface area contributed by atoms with Gasteiger partial charge in [-0.05, 0) is 52.6 Å². The first-order chi connectivity index (χ1) is 9.97. The van der Waals surface area contributed by atoms with Crippen molar-refractivity contribution in [3.8, 4) is 0 Å². The van der Waals surface area contributed by atoms with Gasteiger partial charge >= 0.3 is 0 Å². The SMILES string of the molecule is CC(C)C(=O)N1CCC(NC2CCN(C(C)C)CC2)CC1. The van der Waals surface area contributed by atoms with Crippen LogP contribution in [0.25, 0.3) is 0 Å². The van der Waals surface area contributed by atoms with Crippen molar-refractivity contribution >= 4 is 5.91 Å². The van der Waals surface area contributed by atoms with Crippen molar-refractivity contribution in [2.24, 2.45) is 5.92 Å². The van der Waals surface area contributed by atoms with Crippen LogP contribution in [0.1, 0.15) is 53.4 Å². The van der Waals surface area contributed by atoms with Crippen molar-refractivity contribution < 1.29 is 4.79 Å². The van der Waals surface area contributed by atoms with E-state index in [1.165, 1.54) is 25.9 Å². The molecule has 0 saturated carbocycles.